The van der Waals surface area contributed by atoms with Gasteiger partial charge in [-0.15, -0.1) is 5.10 Å². The Morgan fingerprint density at radius 2 is 1.85 bits per heavy atom. The second-order valence-corrected chi connectivity index (χ2v) is 6.35. The van der Waals surface area contributed by atoms with Gasteiger partial charge in [-0.05, 0) is 6.07 Å². The fourth-order valence-corrected chi connectivity index (χ4v) is 3.92. The molecule has 0 bridgehead atoms. The lowest BCUT2D eigenvalue weighted by atomic mass is 9.68. The number of rotatable bonds is 1. The number of carbonyl (C=O) groups excluding carboxylic acids is 1. The van der Waals surface area contributed by atoms with Crippen LogP contribution in [0.5, 0.6) is 5.88 Å². The smallest absolute Gasteiger partial charge is 0.245 e. The number of ether oxygens (including phenoxy) is 1. The standard InChI is InChI=1S/C20H13N5O2/c21-10-13-17(22)27-18-15(16(24-25-18)11-6-2-1-3-7-11)20(13)12-8-4-5-9-14(12)23-19(20)26/h1-9H,22H2,(H,23,26)(H,24,25)/t20-/m0/s1. The third kappa shape index (κ3) is 1.79. The first kappa shape index (κ1) is 15.2. The molecule has 1 atom stereocenters. The van der Waals surface area contributed by atoms with Crippen molar-refractivity contribution in [1.29, 1.82) is 5.26 Å². The quantitative estimate of drug-likeness (QED) is 0.620. The molecule has 0 saturated heterocycles. The lowest BCUT2D eigenvalue weighted by Crippen LogP contribution is -2.42. The van der Waals surface area contributed by atoms with Crippen LogP contribution in [0.3, 0.4) is 0 Å². The van der Waals surface area contributed by atoms with Crippen molar-refractivity contribution in [3.05, 3.63) is 77.2 Å². The number of anilines is 1. The molecule has 2 aliphatic heterocycles. The number of nitrogens with one attached hydrogen (secondary N) is 2. The minimum absolute atomic E-state index is 0.0519. The molecule has 2 aliphatic rings. The van der Waals surface area contributed by atoms with E-state index in [0.29, 0.717) is 22.5 Å². The maximum atomic E-state index is 13.3. The highest BCUT2D eigenvalue weighted by molar-refractivity contribution is 6.13. The first-order chi connectivity index (χ1) is 13.2. The van der Waals surface area contributed by atoms with Gasteiger partial charge in [0.1, 0.15) is 17.1 Å². The number of nitrogens with zero attached hydrogens (tertiary/aromatic N) is 2. The first-order valence-electron chi connectivity index (χ1n) is 8.31. The zero-order valence-corrected chi connectivity index (χ0v) is 14.0. The number of nitrogens with two attached hydrogens (primary N) is 1. The van der Waals surface area contributed by atoms with Crippen LogP contribution in [0.25, 0.3) is 11.3 Å². The Bertz CT molecular complexity index is 1170. The van der Waals surface area contributed by atoms with Gasteiger partial charge >= 0.3 is 0 Å². The second kappa shape index (κ2) is 5.22. The molecule has 0 radical (unpaired) electrons. The third-order valence-electron chi connectivity index (χ3n) is 5.03. The molecule has 2 aromatic carbocycles. The number of para-hydroxylation sites is 1. The molecule has 3 aromatic rings. The van der Waals surface area contributed by atoms with E-state index in [1.54, 1.807) is 6.07 Å². The Kier molecular flexibility index (Phi) is 2.94. The summed E-state index contributed by atoms with van der Waals surface area (Å²) < 4.78 is 5.60. The van der Waals surface area contributed by atoms with E-state index in [1.165, 1.54) is 0 Å². The van der Waals surface area contributed by atoms with Crippen molar-refractivity contribution in [3.8, 4) is 23.2 Å². The van der Waals surface area contributed by atoms with Gasteiger partial charge < -0.3 is 15.8 Å². The summed E-state index contributed by atoms with van der Waals surface area (Å²) >= 11 is 0. The molecule has 130 valence electrons. The highest BCUT2D eigenvalue weighted by Gasteiger charge is 2.58. The molecule has 4 N–H and O–H groups in total. The maximum Gasteiger partial charge on any atom is 0.245 e. The van der Waals surface area contributed by atoms with Gasteiger partial charge in [-0.2, -0.15) is 5.26 Å². The van der Waals surface area contributed by atoms with Crippen molar-refractivity contribution in [2.45, 2.75) is 5.41 Å². The second-order valence-electron chi connectivity index (χ2n) is 6.35. The predicted octanol–water partition coefficient (Wildman–Crippen LogP) is 2.40. The van der Waals surface area contributed by atoms with E-state index in [1.807, 2.05) is 48.5 Å². The SMILES string of the molecule is N#CC1=C(N)Oc2n[nH]c(-c3ccccc3)c2[C@@]12C(=O)Nc1ccccc12. The molecule has 1 spiro atoms. The van der Waals surface area contributed by atoms with Gasteiger partial charge in [0, 0.05) is 16.8 Å². The Morgan fingerprint density at radius 1 is 1.11 bits per heavy atom. The van der Waals surface area contributed by atoms with E-state index in [-0.39, 0.29) is 23.2 Å². The van der Waals surface area contributed by atoms with Gasteiger partial charge in [0.25, 0.3) is 0 Å². The number of fused-ring (bicyclic) bond motifs is 4. The fourth-order valence-electron chi connectivity index (χ4n) is 3.92. The van der Waals surface area contributed by atoms with Crippen LogP contribution in [-0.4, -0.2) is 16.1 Å². The van der Waals surface area contributed by atoms with E-state index in [2.05, 4.69) is 21.6 Å². The number of amides is 1. The highest BCUT2D eigenvalue weighted by atomic mass is 16.5. The number of benzene rings is 2. The van der Waals surface area contributed by atoms with E-state index >= 15 is 0 Å². The van der Waals surface area contributed by atoms with E-state index < -0.39 is 5.41 Å². The Labute approximate surface area is 154 Å². The highest BCUT2D eigenvalue weighted by Crippen LogP contribution is 2.55. The molecule has 0 fully saturated rings. The van der Waals surface area contributed by atoms with Crippen LogP contribution in [-0.2, 0) is 10.2 Å². The van der Waals surface area contributed by atoms with Gasteiger partial charge in [-0.25, -0.2) is 0 Å². The topological polar surface area (TPSA) is 117 Å². The summed E-state index contributed by atoms with van der Waals surface area (Å²) in [6.07, 6.45) is 0. The van der Waals surface area contributed by atoms with Crippen molar-refractivity contribution >= 4 is 11.6 Å². The Morgan fingerprint density at radius 3 is 2.63 bits per heavy atom. The number of carbonyl (C=O) groups is 1. The van der Waals surface area contributed by atoms with Gasteiger partial charge in [-0.1, -0.05) is 48.5 Å². The summed E-state index contributed by atoms with van der Waals surface area (Å²) in [4.78, 5) is 13.3. The van der Waals surface area contributed by atoms with Crippen LogP contribution in [0.2, 0.25) is 0 Å². The van der Waals surface area contributed by atoms with Crippen LogP contribution in [0.1, 0.15) is 11.1 Å². The lowest BCUT2D eigenvalue weighted by molar-refractivity contribution is -0.118. The number of hydrogen-bond donors (Lipinski definition) is 3. The number of hydrogen-bond acceptors (Lipinski definition) is 5. The summed E-state index contributed by atoms with van der Waals surface area (Å²) in [5.41, 5.74) is 7.87. The molecule has 7 nitrogen and oxygen atoms in total. The maximum absolute atomic E-state index is 13.3. The van der Waals surface area contributed by atoms with Crippen molar-refractivity contribution in [2.75, 3.05) is 5.32 Å². The summed E-state index contributed by atoms with van der Waals surface area (Å²) in [6.45, 7) is 0. The van der Waals surface area contributed by atoms with Gasteiger partial charge in [0.2, 0.25) is 17.7 Å². The summed E-state index contributed by atoms with van der Waals surface area (Å²) in [5, 5.41) is 19.9. The van der Waals surface area contributed by atoms with Crippen LogP contribution < -0.4 is 15.8 Å². The van der Waals surface area contributed by atoms with E-state index in [9.17, 15) is 10.1 Å². The Balaban J connectivity index is 1.92. The average Bonchev–Trinajstić information content (AvgIpc) is 3.23. The fraction of sp³-hybridized carbons (Fsp3) is 0.0500. The largest absolute Gasteiger partial charge is 0.420 e. The van der Waals surface area contributed by atoms with Gasteiger partial charge in [0.05, 0.1) is 11.3 Å². The molecule has 1 aromatic heterocycles. The monoisotopic (exact) mass is 355 g/mol. The zero-order chi connectivity index (χ0) is 18.6. The third-order valence-corrected chi connectivity index (χ3v) is 5.03. The molecule has 1 amide bonds. The number of H-pyrrole nitrogens is 1. The summed E-state index contributed by atoms with van der Waals surface area (Å²) in [6, 6.07) is 18.8. The van der Waals surface area contributed by atoms with Crippen molar-refractivity contribution in [3.63, 3.8) is 0 Å². The van der Waals surface area contributed by atoms with Crippen LogP contribution in [0.15, 0.2) is 66.1 Å². The molecule has 5 rings (SSSR count). The molecule has 0 unspecified atom stereocenters. The van der Waals surface area contributed by atoms with Crippen LogP contribution in [0.4, 0.5) is 5.69 Å². The van der Waals surface area contributed by atoms with E-state index in [4.69, 9.17) is 10.5 Å². The lowest BCUT2D eigenvalue weighted by Gasteiger charge is -2.31. The predicted molar refractivity (Wildman–Crippen MR) is 97.3 cm³/mol. The van der Waals surface area contributed by atoms with Gasteiger partial charge in [-0.3, -0.25) is 9.89 Å². The summed E-state index contributed by atoms with van der Waals surface area (Å²) in [5.74, 6) is -0.286. The minimum atomic E-state index is -1.42. The molecule has 0 aliphatic carbocycles. The minimum Gasteiger partial charge on any atom is -0.420 e. The molecule has 7 heteroatoms. The van der Waals surface area contributed by atoms with E-state index in [0.717, 1.165) is 5.56 Å². The van der Waals surface area contributed by atoms with Crippen molar-refractivity contribution in [1.82, 2.24) is 10.2 Å². The normalized spacial score (nSPS) is 19.9. The molecular weight excluding hydrogens is 342 g/mol. The number of aromatic amines is 1. The van der Waals surface area contributed by atoms with Crippen LogP contribution >= 0.6 is 0 Å². The first-order valence-corrected chi connectivity index (χ1v) is 8.31. The van der Waals surface area contributed by atoms with Crippen molar-refractivity contribution < 1.29 is 9.53 Å². The number of nitriles is 1. The average molecular weight is 355 g/mol. The molecule has 0 saturated carbocycles. The van der Waals surface area contributed by atoms with Gasteiger partial charge in [0.15, 0.2) is 0 Å². The zero-order valence-electron chi connectivity index (χ0n) is 14.0. The molecule has 3 heterocycles. The number of aromatic nitrogens is 2. The van der Waals surface area contributed by atoms with Crippen LogP contribution in [0, 0.1) is 11.3 Å². The molecule has 27 heavy (non-hydrogen) atoms. The summed E-state index contributed by atoms with van der Waals surface area (Å²) in [7, 11) is 0. The van der Waals surface area contributed by atoms with Crippen molar-refractivity contribution in [2.24, 2.45) is 5.73 Å². The Hall–Kier alpha value is -4.05. The molecular formula is C20H13N5O2.